The van der Waals surface area contributed by atoms with Crippen LogP contribution in [0.2, 0.25) is 0 Å². The average molecular weight is 407 g/mol. The number of carbonyl (C=O) groups is 2. The van der Waals surface area contributed by atoms with Crippen LogP contribution in [-0.4, -0.2) is 41.3 Å². The zero-order valence-electron chi connectivity index (χ0n) is 16.9. The Morgan fingerprint density at radius 3 is 2.77 bits per heavy atom. The lowest BCUT2D eigenvalue weighted by atomic mass is 9.96. The molecule has 0 radical (unpaired) electrons. The van der Waals surface area contributed by atoms with E-state index in [1.807, 2.05) is 35.4 Å². The fourth-order valence-electron chi connectivity index (χ4n) is 4.10. The predicted molar refractivity (Wildman–Crippen MR) is 114 cm³/mol. The molecule has 6 heteroatoms. The second-order valence-corrected chi connectivity index (χ2v) is 7.88. The number of amides is 2. The summed E-state index contributed by atoms with van der Waals surface area (Å²) in [6.45, 7) is 1.66. The normalized spacial score (nSPS) is 16.6. The van der Waals surface area contributed by atoms with E-state index in [4.69, 9.17) is 0 Å². The van der Waals surface area contributed by atoms with Gasteiger partial charge in [-0.2, -0.15) is 0 Å². The molecule has 2 amide bonds. The first-order valence-corrected chi connectivity index (χ1v) is 10.4. The monoisotopic (exact) mass is 407 g/mol. The highest BCUT2D eigenvalue weighted by atomic mass is 19.1. The minimum Gasteiger partial charge on any atom is -0.361 e. The molecule has 2 N–H and O–H groups in total. The van der Waals surface area contributed by atoms with Crippen LogP contribution in [0.4, 0.5) is 4.39 Å². The van der Waals surface area contributed by atoms with Crippen molar-refractivity contribution >= 4 is 22.7 Å². The Morgan fingerprint density at radius 2 is 1.93 bits per heavy atom. The molecule has 30 heavy (non-hydrogen) atoms. The van der Waals surface area contributed by atoms with Crippen LogP contribution in [0.5, 0.6) is 0 Å². The lowest BCUT2D eigenvalue weighted by Crippen LogP contribution is -2.46. The van der Waals surface area contributed by atoms with Gasteiger partial charge < -0.3 is 15.2 Å². The number of H-pyrrole nitrogens is 1. The first kappa shape index (κ1) is 20.1. The maximum absolute atomic E-state index is 13.0. The van der Waals surface area contributed by atoms with Gasteiger partial charge >= 0.3 is 0 Å². The van der Waals surface area contributed by atoms with Gasteiger partial charge in [0.2, 0.25) is 11.8 Å². The van der Waals surface area contributed by atoms with Crippen molar-refractivity contribution in [1.82, 2.24) is 15.2 Å². The summed E-state index contributed by atoms with van der Waals surface area (Å²) < 4.78 is 13.0. The molecule has 5 nitrogen and oxygen atoms in total. The summed E-state index contributed by atoms with van der Waals surface area (Å²) >= 11 is 0. The third-order valence-electron chi connectivity index (χ3n) is 5.79. The summed E-state index contributed by atoms with van der Waals surface area (Å²) in [5, 5.41) is 4.04. The Balaban J connectivity index is 1.29. The molecule has 1 fully saturated rings. The van der Waals surface area contributed by atoms with Crippen molar-refractivity contribution in [2.24, 2.45) is 5.92 Å². The van der Waals surface area contributed by atoms with E-state index in [0.29, 0.717) is 32.5 Å². The van der Waals surface area contributed by atoms with Crippen LogP contribution in [0.3, 0.4) is 0 Å². The van der Waals surface area contributed by atoms with Crippen LogP contribution in [0.1, 0.15) is 24.0 Å². The van der Waals surface area contributed by atoms with Crippen molar-refractivity contribution in [3.63, 3.8) is 0 Å². The number of aromatic amines is 1. The van der Waals surface area contributed by atoms with E-state index in [0.717, 1.165) is 34.9 Å². The van der Waals surface area contributed by atoms with Gasteiger partial charge in [0.05, 0.1) is 12.3 Å². The first-order valence-electron chi connectivity index (χ1n) is 10.4. The molecule has 1 aromatic heterocycles. The number of nitrogens with one attached hydrogen (secondary N) is 2. The third-order valence-corrected chi connectivity index (χ3v) is 5.79. The Morgan fingerprint density at radius 1 is 1.13 bits per heavy atom. The van der Waals surface area contributed by atoms with E-state index in [9.17, 15) is 14.0 Å². The largest absolute Gasteiger partial charge is 0.361 e. The number of hydrogen-bond acceptors (Lipinski definition) is 2. The number of halogens is 1. The summed E-state index contributed by atoms with van der Waals surface area (Å²) in [6.07, 6.45) is 4.51. The number of fused-ring (bicyclic) bond motifs is 1. The third kappa shape index (κ3) is 4.70. The number of likely N-dealkylation sites (tertiary alicyclic amines) is 1. The van der Waals surface area contributed by atoms with Crippen molar-refractivity contribution in [2.75, 3.05) is 19.6 Å². The SMILES string of the molecule is O=C(NCCc1ccc(F)cc1)[C@H]1CCCN(C(=O)Cc2c[nH]c3ccccc23)C1. The number of rotatable bonds is 6. The lowest BCUT2D eigenvalue weighted by Gasteiger charge is -2.32. The molecule has 0 saturated carbocycles. The zero-order valence-corrected chi connectivity index (χ0v) is 16.9. The first-order chi connectivity index (χ1) is 14.6. The van der Waals surface area contributed by atoms with Gasteiger partial charge in [0.15, 0.2) is 0 Å². The molecular formula is C24H26FN3O2. The summed E-state index contributed by atoms with van der Waals surface area (Å²) in [5.74, 6) is -0.397. The van der Waals surface area contributed by atoms with E-state index in [1.165, 1.54) is 12.1 Å². The minimum absolute atomic E-state index is 0.0123. The molecule has 2 aromatic carbocycles. The Hall–Kier alpha value is -3.15. The molecule has 0 aliphatic carbocycles. The van der Waals surface area contributed by atoms with Gasteiger partial charge in [-0.1, -0.05) is 30.3 Å². The number of nitrogens with zero attached hydrogens (tertiary/aromatic N) is 1. The van der Waals surface area contributed by atoms with Crippen molar-refractivity contribution in [3.05, 3.63) is 71.7 Å². The number of aromatic nitrogens is 1. The summed E-state index contributed by atoms with van der Waals surface area (Å²) in [6, 6.07) is 14.3. The molecule has 0 spiro atoms. The highest BCUT2D eigenvalue weighted by molar-refractivity contribution is 5.89. The van der Waals surface area contributed by atoms with E-state index in [-0.39, 0.29) is 23.5 Å². The number of piperidine rings is 1. The molecule has 2 heterocycles. The minimum atomic E-state index is -0.262. The van der Waals surface area contributed by atoms with Crippen molar-refractivity contribution in [1.29, 1.82) is 0 Å². The van der Waals surface area contributed by atoms with Crippen LogP contribution in [0.15, 0.2) is 54.7 Å². The number of carbonyl (C=O) groups excluding carboxylic acids is 2. The molecule has 156 valence electrons. The number of benzene rings is 2. The maximum atomic E-state index is 13.0. The average Bonchev–Trinajstić information content (AvgIpc) is 3.18. The summed E-state index contributed by atoms with van der Waals surface area (Å²) in [7, 11) is 0. The Kier molecular flexibility index (Phi) is 6.12. The predicted octanol–water partition coefficient (Wildman–Crippen LogP) is 3.45. The standard InChI is InChI=1S/C24H26FN3O2/c25-20-9-7-17(8-10-20)11-12-26-24(30)18-4-3-13-28(16-18)23(29)14-19-15-27-22-6-2-1-5-21(19)22/h1-2,5-10,15,18,27H,3-4,11-14,16H2,(H,26,30)/t18-/m0/s1. The summed E-state index contributed by atoms with van der Waals surface area (Å²) in [5.41, 5.74) is 3.00. The van der Waals surface area contributed by atoms with Crippen LogP contribution in [-0.2, 0) is 22.4 Å². The van der Waals surface area contributed by atoms with Gasteiger partial charge in [0.25, 0.3) is 0 Å². The van der Waals surface area contributed by atoms with E-state index in [2.05, 4.69) is 10.3 Å². The molecular weight excluding hydrogens is 381 g/mol. The van der Waals surface area contributed by atoms with Crippen molar-refractivity contribution < 1.29 is 14.0 Å². The number of hydrogen-bond donors (Lipinski definition) is 2. The Labute approximate surface area is 175 Å². The summed E-state index contributed by atoms with van der Waals surface area (Å²) in [4.78, 5) is 30.5. The maximum Gasteiger partial charge on any atom is 0.227 e. The molecule has 1 atom stereocenters. The van der Waals surface area contributed by atoms with Crippen molar-refractivity contribution in [3.8, 4) is 0 Å². The molecule has 1 aliphatic rings. The second kappa shape index (κ2) is 9.11. The van der Waals surface area contributed by atoms with Crippen LogP contribution >= 0.6 is 0 Å². The van der Waals surface area contributed by atoms with Gasteiger partial charge in [0, 0.05) is 36.7 Å². The fourth-order valence-corrected chi connectivity index (χ4v) is 4.10. The highest BCUT2D eigenvalue weighted by Crippen LogP contribution is 2.21. The van der Waals surface area contributed by atoms with Crippen LogP contribution < -0.4 is 5.32 Å². The molecule has 0 unspecified atom stereocenters. The van der Waals surface area contributed by atoms with Crippen molar-refractivity contribution in [2.45, 2.75) is 25.7 Å². The Bertz CT molecular complexity index is 1030. The van der Waals surface area contributed by atoms with E-state index >= 15 is 0 Å². The molecule has 1 saturated heterocycles. The van der Waals surface area contributed by atoms with Gasteiger partial charge in [-0.3, -0.25) is 9.59 Å². The van der Waals surface area contributed by atoms with Crippen LogP contribution in [0.25, 0.3) is 10.9 Å². The van der Waals surface area contributed by atoms with Gasteiger partial charge in [-0.15, -0.1) is 0 Å². The quantitative estimate of drug-likeness (QED) is 0.657. The molecule has 0 bridgehead atoms. The molecule has 1 aliphatic heterocycles. The fraction of sp³-hybridized carbons (Fsp3) is 0.333. The molecule has 4 rings (SSSR count). The lowest BCUT2D eigenvalue weighted by molar-refractivity contribution is -0.135. The molecule has 3 aromatic rings. The van der Waals surface area contributed by atoms with Gasteiger partial charge in [0.1, 0.15) is 5.82 Å². The smallest absolute Gasteiger partial charge is 0.227 e. The highest BCUT2D eigenvalue weighted by Gasteiger charge is 2.28. The van der Waals surface area contributed by atoms with E-state index < -0.39 is 0 Å². The van der Waals surface area contributed by atoms with Gasteiger partial charge in [-0.05, 0) is 48.6 Å². The zero-order chi connectivity index (χ0) is 20.9. The second-order valence-electron chi connectivity index (χ2n) is 7.88. The van der Waals surface area contributed by atoms with Gasteiger partial charge in [-0.25, -0.2) is 4.39 Å². The van der Waals surface area contributed by atoms with E-state index in [1.54, 1.807) is 12.1 Å². The number of para-hydroxylation sites is 1. The van der Waals surface area contributed by atoms with Crippen LogP contribution in [0, 0.1) is 11.7 Å². The topological polar surface area (TPSA) is 65.2 Å².